The van der Waals surface area contributed by atoms with E-state index in [0.29, 0.717) is 29.6 Å². The predicted molar refractivity (Wildman–Crippen MR) is 178 cm³/mol. The first-order valence-corrected chi connectivity index (χ1v) is 16.8. The van der Waals surface area contributed by atoms with Gasteiger partial charge in [0.05, 0.1) is 0 Å². The second-order valence-corrected chi connectivity index (χ2v) is 13.5. The van der Waals surface area contributed by atoms with Crippen LogP contribution in [0.5, 0.6) is 0 Å². The van der Waals surface area contributed by atoms with E-state index in [1.165, 1.54) is 49.5 Å². The summed E-state index contributed by atoms with van der Waals surface area (Å²) in [5, 5.41) is 1.24. The molecule has 0 spiro atoms. The highest BCUT2D eigenvalue weighted by Crippen LogP contribution is 2.56. The predicted octanol–water partition coefficient (Wildman–Crippen LogP) is 10.9. The van der Waals surface area contributed by atoms with Crippen LogP contribution in [0.1, 0.15) is 62.7 Å². The lowest BCUT2D eigenvalue weighted by atomic mass is 9.56. The molecule has 0 amide bonds. The van der Waals surface area contributed by atoms with E-state index in [-0.39, 0.29) is 0 Å². The van der Waals surface area contributed by atoms with E-state index in [2.05, 4.69) is 103 Å². The Morgan fingerprint density at radius 1 is 0.744 bits per heavy atom. The molecule has 0 saturated heterocycles. The van der Waals surface area contributed by atoms with Gasteiger partial charge in [0.25, 0.3) is 0 Å². The van der Waals surface area contributed by atoms with Crippen LogP contribution in [0.15, 0.2) is 141 Å². The molecule has 1 heterocycles. The van der Waals surface area contributed by atoms with Gasteiger partial charge in [-0.05, 0) is 109 Å². The third kappa shape index (κ3) is 4.11. The van der Waals surface area contributed by atoms with Crippen LogP contribution in [0, 0.1) is 29.6 Å². The Morgan fingerprint density at radius 3 is 2.63 bits per heavy atom. The van der Waals surface area contributed by atoms with Crippen LogP contribution >= 0.6 is 0 Å². The van der Waals surface area contributed by atoms with E-state index in [1.807, 2.05) is 0 Å². The monoisotopic (exact) mass is 560 g/mol. The molecule has 0 radical (unpaired) electrons. The largest absolute Gasteiger partial charge is 0.460 e. The Balaban J connectivity index is 1.14. The second-order valence-electron chi connectivity index (χ2n) is 13.5. The number of allylic oxidation sites excluding steroid dienone is 19. The molecule has 5 atom stereocenters. The maximum Gasteiger partial charge on any atom is 0.134 e. The molecule has 0 N–H and O–H groups in total. The smallest absolute Gasteiger partial charge is 0.134 e. The second kappa shape index (κ2) is 10.4. The van der Waals surface area contributed by atoms with Gasteiger partial charge < -0.3 is 4.42 Å². The molecule has 1 aromatic heterocycles. The molecular formula is C42H40O. The third-order valence-corrected chi connectivity index (χ3v) is 11.3. The Hall–Kier alpha value is -3.84. The summed E-state index contributed by atoms with van der Waals surface area (Å²) in [4.78, 5) is 0. The summed E-state index contributed by atoms with van der Waals surface area (Å²) >= 11 is 0. The van der Waals surface area contributed by atoms with Crippen LogP contribution in [-0.2, 0) is 6.42 Å². The van der Waals surface area contributed by atoms with Crippen molar-refractivity contribution in [3.63, 3.8) is 0 Å². The molecule has 7 aliphatic rings. The number of hydrogen-bond donors (Lipinski definition) is 0. The summed E-state index contributed by atoms with van der Waals surface area (Å²) < 4.78 is 6.46. The Morgan fingerprint density at radius 2 is 1.63 bits per heavy atom. The first-order chi connectivity index (χ1) is 21.3. The van der Waals surface area contributed by atoms with Crippen molar-refractivity contribution in [2.45, 2.75) is 57.8 Å². The van der Waals surface area contributed by atoms with E-state index in [1.54, 1.807) is 39.0 Å². The van der Waals surface area contributed by atoms with E-state index in [0.717, 1.165) is 30.6 Å². The molecular weight excluding hydrogens is 520 g/mol. The van der Waals surface area contributed by atoms with Gasteiger partial charge in [-0.2, -0.15) is 0 Å². The zero-order valence-electron chi connectivity index (χ0n) is 25.0. The van der Waals surface area contributed by atoms with Gasteiger partial charge in [-0.15, -0.1) is 0 Å². The minimum atomic E-state index is 0.332. The number of benzene rings is 1. The molecule has 43 heavy (non-hydrogen) atoms. The van der Waals surface area contributed by atoms with Crippen LogP contribution in [0.3, 0.4) is 0 Å². The molecule has 7 aliphatic carbocycles. The number of hydrogen-bond acceptors (Lipinski definition) is 1. The van der Waals surface area contributed by atoms with Gasteiger partial charge in [-0.3, -0.25) is 0 Å². The summed E-state index contributed by atoms with van der Waals surface area (Å²) in [6.07, 6.45) is 42.7. The van der Waals surface area contributed by atoms with Crippen molar-refractivity contribution in [3.8, 4) is 0 Å². The number of para-hydroxylation sites is 1. The lowest BCUT2D eigenvalue weighted by Gasteiger charge is -2.48. The van der Waals surface area contributed by atoms with Gasteiger partial charge in [-0.1, -0.05) is 103 Å². The molecule has 214 valence electrons. The Kier molecular flexibility index (Phi) is 6.20. The standard InChI is InChI=1S/C42H40O/c1-2-14-29-27(12-1)13-11-22-30(29)31-15-3-4-17-34(31)42-37-20-7-5-18-35(37)41(36-19-6-8-21-38(36)42)28-24-25-33-32-16-9-10-23-39(32)43-40(33)26-28/h2-5,7,9-10,14,16,18-25,28,31,34,37,42H,1,6,8,11-13,15,17,26H2. The normalized spacial score (nSPS) is 30.9. The van der Waals surface area contributed by atoms with Crippen molar-refractivity contribution >= 4 is 17.0 Å². The average Bonchev–Trinajstić information content (AvgIpc) is 3.45. The zero-order chi connectivity index (χ0) is 28.3. The molecule has 0 bridgehead atoms. The SMILES string of the molecule is C1=CC2=C(C3C=Cc4c(oc5ccccc45)C3)C3=CCCC=C3C(C3CC=CCC3C3=CCCC4=C3C=CCC4)C2C=C1. The van der Waals surface area contributed by atoms with Crippen LogP contribution in [-0.4, -0.2) is 0 Å². The molecule has 1 aromatic carbocycles. The van der Waals surface area contributed by atoms with Crippen molar-refractivity contribution in [2.75, 3.05) is 0 Å². The summed E-state index contributed by atoms with van der Waals surface area (Å²) in [6, 6.07) is 8.51. The third-order valence-electron chi connectivity index (χ3n) is 11.3. The maximum absolute atomic E-state index is 6.46. The van der Waals surface area contributed by atoms with Crippen molar-refractivity contribution in [1.82, 2.24) is 0 Å². The highest BCUT2D eigenvalue weighted by molar-refractivity contribution is 5.89. The molecule has 9 rings (SSSR count). The Bertz CT molecular complexity index is 1810. The van der Waals surface area contributed by atoms with Gasteiger partial charge >= 0.3 is 0 Å². The first kappa shape index (κ1) is 25.6. The summed E-state index contributed by atoms with van der Waals surface area (Å²) in [6.45, 7) is 0. The van der Waals surface area contributed by atoms with E-state index in [9.17, 15) is 0 Å². The van der Waals surface area contributed by atoms with E-state index < -0.39 is 0 Å². The van der Waals surface area contributed by atoms with Crippen molar-refractivity contribution in [2.24, 2.45) is 29.6 Å². The minimum absolute atomic E-state index is 0.332. The van der Waals surface area contributed by atoms with Crippen molar-refractivity contribution in [3.05, 3.63) is 148 Å². The lowest BCUT2D eigenvalue weighted by Crippen LogP contribution is -2.38. The number of furan rings is 1. The van der Waals surface area contributed by atoms with Crippen LogP contribution in [0.25, 0.3) is 17.0 Å². The Labute approximate surface area is 255 Å². The van der Waals surface area contributed by atoms with Gasteiger partial charge in [0.1, 0.15) is 11.3 Å². The zero-order valence-corrected chi connectivity index (χ0v) is 25.0. The van der Waals surface area contributed by atoms with Gasteiger partial charge in [-0.25, -0.2) is 0 Å². The molecule has 1 nitrogen and oxygen atoms in total. The fourth-order valence-corrected chi connectivity index (χ4v) is 9.53. The highest BCUT2D eigenvalue weighted by Gasteiger charge is 2.45. The minimum Gasteiger partial charge on any atom is -0.460 e. The molecule has 0 aliphatic heterocycles. The first-order valence-electron chi connectivity index (χ1n) is 16.8. The van der Waals surface area contributed by atoms with Crippen molar-refractivity contribution in [1.29, 1.82) is 0 Å². The van der Waals surface area contributed by atoms with Gasteiger partial charge in [0.2, 0.25) is 0 Å². The fourth-order valence-electron chi connectivity index (χ4n) is 9.53. The van der Waals surface area contributed by atoms with Crippen LogP contribution in [0.2, 0.25) is 0 Å². The van der Waals surface area contributed by atoms with Crippen LogP contribution in [0.4, 0.5) is 0 Å². The molecule has 5 unspecified atom stereocenters. The number of rotatable bonds is 3. The summed E-state index contributed by atoms with van der Waals surface area (Å²) in [7, 11) is 0. The highest BCUT2D eigenvalue weighted by atomic mass is 16.3. The van der Waals surface area contributed by atoms with Crippen molar-refractivity contribution < 1.29 is 4.42 Å². The van der Waals surface area contributed by atoms with Gasteiger partial charge in [0, 0.05) is 29.2 Å². The molecule has 2 aromatic rings. The average molecular weight is 561 g/mol. The molecule has 1 heteroatoms. The van der Waals surface area contributed by atoms with Gasteiger partial charge in [0.15, 0.2) is 0 Å². The number of fused-ring (bicyclic) bond motifs is 5. The fraction of sp³-hybridized carbons (Fsp3) is 0.333. The topological polar surface area (TPSA) is 13.1 Å². The maximum atomic E-state index is 6.46. The molecule has 0 fully saturated rings. The van der Waals surface area contributed by atoms with Crippen LogP contribution < -0.4 is 0 Å². The summed E-state index contributed by atoms with van der Waals surface area (Å²) in [5.74, 6) is 3.60. The lowest BCUT2D eigenvalue weighted by molar-refractivity contribution is 0.242. The van der Waals surface area contributed by atoms with E-state index >= 15 is 0 Å². The quantitative estimate of drug-likeness (QED) is 0.340. The van der Waals surface area contributed by atoms with E-state index in [4.69, 9.17) is 4.42 Å². The molecule has 0 saturated carbocycles. The summed E-state index contributed by atoms with van der Waals surface area (Å²) in [5.41, 5.74) is 13.5.